The molecule has 1 fully saturated rings. The second-order valence-electron chi connectivity index (χ2n) is 6.25. The molecular formula is C18H21N3O3S. The Morgan fingerprint density at radius 3 is 2.60 bits per heavy atom. The molecule has 1 atom stereocenters. The zero-order chi connectivity index (χ0) is 17.9. The summed E-state index contributed by atoms with van der Waals surface area (Å²) in [6.45, 7) is 0.617. The number of anilines is 2. The summed E-state index contributed by atoms with van der Waals surface area (Å²) in [5.74, 6) is -0.0900. The van der Waals surface area contributed by atoms with Crippen LogP contribution in [0.15, 0.2) is 48.5 Å². The first kappa shape index (κ1) is 17.3. The lowest BCUT2D eigenvalue weighted by molar-refractivity contribution is 0.0941. The summed E-state index contributed by atoms with van der Waals surface area (Å²) in [6.07, 6.45) is 0.475. The Hall–Kier alpha value is -2.54. The van der Waals surface area contributed by atoms with Crippen LogP contribution in [-0.2, 0) is 16.4 Å². The van der Waals surface area contributed by atoms with Crippen LogP contribution in [0.4, 0.5) is 11.4 Å². The molecule has 0 unspecified atom stereocenters. The van der Waals surface area contributed by atoms with Crippen LogP contribution in [-0.4, -0.2) is 31.9 Å². The molecule has 25 heavy (non-hydrogen) atoms. The largest absolute Gasteiger partial charge is 0.399 e. The predicted octanol–water partition coefficient (Wildman–Crippen LogP) is 1.80. The maximum atomic E-state index is 12.3. The van der Waals surface area contributed by atoms with Gasteiger partial charge in [0.1, 0.15) is 0 Å². The van der Waals surface area contributed by atoms with Crippen molar-refractivity contribution in [1.82, 2.24) is 5.32 Å². The van der Waals surface area contributed by atoms with Crippen molar-refractivity contribution in [2.24, 2.45) is 0 Å². The van der Waals surface area contributed by atoms with Gasteiger partial charge in [-0.1, -0.05) is 18.2 Å². The van der Waals surface area contributed by atoms with Crippen molar-refractivity contribution in [1.29, 1.82) is 0 Å². The lowest BCUT2D eigenvalue weighted by Gasteiger charge is -2.12. The van der Waals surface area contributed by atoms with E-state index in [-0.39, 0.29) is 23.5 Å². The molecule has 0 saturated carbocycles. The van der Waals surface area contributed by atoms with Crippen molar-refractivity contribution in [2.75, 3.05) is 22.6 Å². The van der Waals surface area contributed by atoms with E-state index in [1.165, 1.54) is 0 Å². The van der Waals surface area contributed by atoms with Crippen LogP contribution in [0.2, 0.25) is 0 Å². The van der Waals surface area contributed by atoms with Crippen molar-refractivity contribution in [2.45, 2.75) is 19.0 Å². The first-order chi connectivity index (χ1) is 11.9. The van der Waals surface area contributed by atoms with E-state index in [0.717, 1.165) is 16.9 Å². The van der Waals surface area contributed by atoms with Gasteiger partial charge in [-0.15, -0.1) is 0 Å². The van der Waals surface area contributed by atoms with Gasteiger partial charge in [-0.3, -0.25) is 4.79 Å². The van der Waals surface area contributed by atoms with E-state index in [2.05, 4.69) is 10.6 Å². The molecule has 2 aromatic rings. The zero-order valence-corrected chi connectivity index (χ0v) is 14.6. The Labute approximate surface area is 147 Å². The second kappa shape index (κ2) is 7.14. The minimum Gasteiger partial charge on any atom is -0.399 e. The average molecular weight is 359 g/mol. The molecule has 0 spiro atoms. The second-order valence-corrected chi connectivity index (χ2v) is 8.48. The van der Waals surface area contributed by atoms with Crippen LogP contribution < -0.4 is 16.4 Å². The summed E-state index contributed by atoms with van der Waals surface area (Å²) in [6, 6.07) is 14.4. The van der Waals surface area contributed by atoms with Crippen LogP contribution in [0.25, 0.3) is 0 Å². The number of amides is 1. The Balaban J connectivity index is 1.60. The van der Waals surface area contributed by atoms with Gasteiger partial charge in [0, 0.05) is 29.5 Å². The summed E-state index contributed by atoms with van der Waals surface area (Å²) < 4.78 is 23.0. The average Bonchev–Trinajstić information content (AvgIpc) is 2.93. The van der Waals surface area contributed by atoms with Gasteiger partial charge in [0.2, 0.25) is 0 Å². The third-order valence-corrected chi connectivity index (χ3v) is 5.94. The number of carbonyl (C=O) groups is 1. The Bertz CT molecular complexity index is 863. The van der Waals surface area contributed by atoms with E-state index >= 15 is 0 Å². The molecule has 0 aromatic heterocycles. The number of hydrogen-bond acceptors (Lipinski definition) is 5. The van der Waals surface area contributed by atoms with Crippen molar-refractivity contribution < 1.29 is 13.2 Å². The standard InChI is InChI=1S/C18H21N3O3S/c19-15-6-4-13(5-7-15)11-20-16-3-1-2-14(10-16)18(22)21-17-8-9-25(23,24)12-17/h1-7,10,17,20H,8-9,11-12,19H2,(H,21,22)/t17-/m1/s1. The molecule has 6 nitrogen and oxygen atoms in total. The fourth-order valence-electron chi connectivity index (χ4n) is 2.79. The van der Waals surface area contributed by atoms with E-state index in [9.17, 15) is 13.2 Å². The van der Waals surface area contributed by atoms with Gasteiger partial charge in [-0.05, 0) is 42.3 Å². The Morgan fingerprint density at radius 2 is 1.92 bits per heavy atom. The number of benzene rings is 2. The molecule has 1 saturated heterocycles. The maximum absolute atomic E-state index is 12.3. The van der Waals surface area contributed by atoms with Crippen molar-refractivity contribution in [3.63, 3.8) is 0 Å². The molecule has 1 amide bonds. The molecule has 1 aliphatic rings. The summed E-state index contributed by atoms with van der Waals surface area (Å²) in [5, 5.41) is 6.06. The van der Waals surface area contributed by atoms with Gasteiger partial charge in [-0.25, -0.2) is 8.42 Å². The van der Waals surface area contributed by atoms with E-state index < -0.39 is 9.84 Å². The fourth-order valence-corrected chi connectivity index (χ4v) is 4.46. The molecule has 0 bridgehead atoms. The topological polar surface area (TPSA) is 101 Å². The maximum Gasteiger partial charge on any atom is 0.251 e. The van der Waals surface area contributed by atoms with E-state index in [1.54, 1.807) is 18.2 Å². The molecule has 1 aliphatic heterocycles. The summed E-state index contributed by atoms with van der Waals surface area (Å²) in [4.78, 5) is 12.3. The van der Waals surface area contributed by atoms with Crippen LogP contribution >= 0.6 is 0 Å². The van der Waals surface area contributed by atoms with Crippen molar-refractivity contribution in [3.05, 3.63) is 59.7 Å². The number of hydrogen-bond donors (Lipinski definition) is 3. The van der Waals surface area contributed by atoms with Crippen LogP contribution in [0.5, 0.6) is 0 Å². The molecule has 0 aliphatic carbocycles. The van der Waals surface area contributed by atoms with Gasteiger partial charge >= 0.3 is 0 Å². The Kier molecular flexibility index (Phi) is 4.94. The highest BCUT2D eigenvalue weighted by atomic mass is 32.2. The number of sulfone groups is 1. The first-order valence-corrected chi connectivity index (χ1v) is 9.93. The smallest absolute Gasteiger partial charge is 0.251 e. The molecule has 7 heteroatoms. The molecular weight excluding hydrogens is 338 g/mol. The molecule has 132 valence electrons. The number of nitrogens with one attached hydrogen (secondary N) is 2. The summed E-state index contributed by atoms with van der Waals surface area (Å²) in [5.41, 5.74) is 8.80. The van der Waals surface area contributed by atoms with E-state index in [4.69, 9.17) is 5.73 Å². The number of nitrogens with two attached hydrogens (primary N) is 1. The SMILES string of the molecule is Nc1ccc(CNc2cccc(C(=O)N[C@@H]3CCS(=O)(=O)C3)c2)cc1. The first-order valence-electron chi connectivity index (χ1n) is 8.11. The van der Waals surface area contributed by atoms with Crippen LogP contribution in [0.3, 0.4) is 0 Å². The van der Waals surface area contributed by atoms with Gasteiger partial charge in [0.15, 0.2) is 9.84 Å². The molecule has 0 radical (unpaired) electrons. The quantitative estimate of drug-likeness (QED) is 0.707. The summed E-state index contributed by atoms with van der Waals surface area (Å²) in [7, 11) is -3.01. The zero-order valence-electron chi connectivity index (χ0n) is 13.7. The monoisotopic (exact) mass is 359 g/mol. The highest BCUT2D eigenvalue weighted by Gasteiger charge is 2.29. The highest BCUT2D eigenvalue weighted by molar-refractivity contribution is 7.91. The molecule has 1 heterocycles. The minimum atomic E-state index is -3.01. The van der Waals surface area contributed by atoms with Gasteiger partial charge < -0.3 is 16.4 Å². The minimum absolute atomic E-state index is 0.0216. The molecule has 2 aromatic carbocycles. The fraction of sp³-hybridized carbons (Fsp3) is 0.278. The normalized spacial score (nSPS) is 18.6. The number of nitrogen functional groups attached to an aromatic ring is 1. The summed E-state index contributed by atoms with van der Waals surface area (Å²) >= 11 is 0. The number of rotatable bonds is 5. The van der Waals surface area contributed by atoms with Crippen molar-refractivity contribution in [3.8, 4) is 0 Å². The lowest BCUT2D eigenvalue weighted by Crippen LogP contribution is -2.35. The van der Waals surface area contributed by atoms with Crippen molar-refractivity contribution >= 4 is 27.1 Å². The Morgan fingerprint density at radius 1 is 1.16 bits per heavy atom. The predicted molar refractivity (Wildman–Crippen MR) is 99.1 cm³/mol. The van der Waals surface area contributed by atoms with Gasteiger partial charge in [0.25, 0.3) is 5.91 Å². The third-order valence-electron chi connectivity index (χ3n) is 4.17. The van der Waals surface area contributed by atoms with E-state index in [0.29, 0.717) is 18.5 Å². The highest BCUT2D eigenvalue weighted by Crippen LogP contribution is 2.15. The van der Waals surface area contributed by atoms with Gasteiger partial charge in [-0.2, -0.15) is 0 Å². The lowest BCUT2D eigenvalue weighted by atomic mass is 10.1. The van der Waals surface area contributed by atoms with Gasteiger partial charge in [0.05, 0.1) is 11.5 Å². The van der Waals surface area contributed by atoms with Crippen LogP contribution in [0.1, 0.15) is 22.3 Å². The third kappa shape index (κ3) is 4.73. The van der Waals surface area contributed by atoms with Crippen LogP contribution in [0, 0.1) is 0 Å². The molecule has 4 N–H and O–H groups in total. The van der Waals surface area contributed by atoms with E-state index in [1.807, 2.05) is 30.3 Å². The molecule has 3 rings (SSSR count). The number of carbonyl (C=O) groups excluding carboxylic acids is 1.